The second-order valence-corrected chi connectivity index (χ2v) is 6.54. The van der Waals surface area contributed by atoms with E-state index in [1.165, 1.54) is 6.42 Å². The average Bonchev–Trinajstić information content (AvgIpc) is 3.00. The minimum Gasteiger partial charge on any atom is -0.305 e. The fourth-order valence-electron chi connectivity index (χ4n) is 4.55. The first-order chi connectivity index (χ1) is 9.66. The Balaban J connectivity index is 0.00000132. The van der Waals surface area contributed by atoms with Gasteiger partial charge in [0, 0.05) is 17.4 Å². The van der Waals surface area contributed by atoms with Crippen LogP contribution < -0.4 is 0 Å². The lowest BCUT2D eigenvalue weighted by Gasteiger charge is -2.40. The molecule has 2 aliphatic carbocycles. The molecule has 4 rings (SSSR count). The number of hydrogen-bond donors (Lipinski definition) is 0. The summed E-state index contributed by atoms with van der Waals surface area (Å²) in [7, 11) is 4.41. The average molecular weight is 300 g/mol. The van der Waals surface area contributed by atoms with Gasteiger partial charge in [0.2, 0.25) is 0 Å². The van der Waals surface area contributed by atoms with E-state index >= 15 is 0 Å². The molecule has 0 spiro atoms. The van der Waals surface area contributed by atoms with Crippen molar-refractivity contribution >= 4 is 12.4 Å². The van der Waals surface area contributed by atoms with Crippen molar-refractivity contribution < 1.29 is 0 Å². The second kappa shape index (κ2) is 4.86. The molecular formula is C19H22ClN. The Hall–Kier alpha value is -1.31. The summed E-state index contributed by atoms with van der Waals surface area (Å²) in [5.41, 5.74) is 6.41. The monoisotopic (exact) mass is 299 g/mol. The molecule has 0 aromatic heterocycles. The van der Waals surface area contributed by atoms with Gasteiger partial charge in [-0.1, -0.05) is 48.5 Å². The zero-order valence-corrected chi connectivity index (χ0v) is 13.7. The van der Waals surface area contributed by atoms with Crippen molar-refractivity contribution in [1.82, 2.24) is 4.90 Å². The van der Waals surface area contributed by atoms with Crippen LogP contribution in [0.2, 0.25) is 0 Å². The number of nitrogens with zero attached hydrogens (tertiary/aromatic N) is 1. The predicted octanol–water partition coefficient (Wildman–Crippen LogP) is 4.19. The molecule has 1 nitrogen and oxygen atoms in total. The molecule has 0 fully saturated rings. The zero-order valence-electron chi connectivity index (χ0n) is 12.8. The molecule has 0 aliphatic heterocycles. The number of rotatable bonds is 2. The fourth-order valence-corrected chi connectivity index (χ4v) is 4.55. The molecule has 2 aromatic carbocycles. The van der Waals surface area contributed by atoms with Crippen molar-refractivity contribution in [1.29, 1.82) is 0 Å². The van der Waals surface area contributed by atoms with Crippen LogP contribution in [0.3, 0.4) is 0 Å². The van der Waals surface area contributed by atoms with Crippen LogP contribution in [-0.4, -0.2) is 25.0 Å². The highest BCUT2D eigenvalue weighted by molar-refractivity contribution is 5.85. The van der Waals surface area contributed by atoms with Gasteiger partial charge >= 0.3 is 0 Å². The number of fused-ring (bicyclic) bond motifs is 8. The van der Waals surface area contributed by atoms with Crippen LogP contribution in [0, 0.1) is 0 Å². The Labute approximate surface area is 133 Å². The zero-order chi connectivity index (χ0) is 13.9. The number of halogens is 1. The number of likely N-dealkylation sites (N-methyl/N-ethyl adjacent to an activating group) is 1. The van der Waals surface area contributed by atoms with Crippen molar-refractivity contribution in [3.05, 3.63) is 70.8 Å². The maximum Gasteiger partial charge on any atom is 0.0370 e. The third-order valence-electron chi connectivity index (χ3n) is 5.65. The Morgan fingerprint density at radius 2 is 1.43 bits per heavy atom. The van der Waals surface area contributed by atoms with E-state index < -0.39 is 0 Å². The fraction of sp³-hybridized carbons (Fsp3) is 0.368. The highest BCUT2D eigenvalue weighted by Gasteiger charge is 2.55. The third kappa shape index (κ3) is 1.68. The largest absolute Gasteiger partial charge is 0.305 e. The molecule has 21 heavy (non-hydrogen) atoms. The summed E-state index contributed by atoms with van der Waals surface area (Å²) in [5.74, 6) is 0.602. The molecule has 1 atom stereocenters. The predicted molar refractivity (Wildman–Crippen MR) is 90.5 cm³/mol. The van der Waals surface area contributed by atoms with E-state index in [2.05, 4.69) is 74.4 Å². The normalized spacial score (nSPS) is 26.2. The maximum absolute atomic E-state index is 2.38. The van der Waals surface area contributed by atoms with E-state index in [0.29, 0.717) is 12.0 Å². The SMILES string of the molecule is CC(N(C)C)C12CC(c3ccccc31)c1ccccc12.Cl. The van der Waals surface area contributed by atoms with Crippen LogP contribution in [0.1, 0.15) is 41.5 Å². The molecule has 110 valence electrons. The van der Waals surface area contributed by atoms with Crippen LogP contribution in [0.15, 0.2) is 48.5 Å². The van der Waals surface area contributed by atoms with E-state index in [4.69, 9.17) is 0 Å². The smallest absolute Gasteiger partial charge is 0.0370 e. The lowest BCUT2D eigenvalue weighted by molar-refractivity contribution is 0.223. The number of hydrogen-bond acceptors (Lipinski definition) is 1. The van der Waals surface area contributed by atoms with Crippen molar-refractivity contribution in [2.75, 3.05) is 14.1 Å². The van der Waals surface area contributed by atoms with Gasteiger partial charge in [-0.25, -0.2) is 0 Å². The first-order valence-electron chi connectivity index (χ1n) is 7.51. The maximum atomic E-state index is 2.38. The molecule has 0 heterocycles. The second-order valence-electron chi connectivity index (χ2n) is 6.54. The molecule has 2 bridgehead atoms. The first-order valence-corrected chi connectivity index (χ1v) is 7.51. The van der Waals surface area contributed by atoms with Crippen molar-refractivity contribution in [3.8, 4) is 0 Å². The van der Waals surface area contributed by atoms with Gasteiger partial charge in [-0.2, -0.15) is 0 Å². The van der Waals surface area contributed by atoms with E-state index in [1.54, 1.807) is 22.3 Å². The lowest BCUT2D eigenvalue weighted by atomic mass is 9.70. The molecular weight excluding hydrogens is 278 g/mol. The molecule has 0 saturated heterocycles. The van der Waals surface area contributed by atoms with Gasteiger partial charge < -0.3 is 4.90 Å². The Morgan fingerprint density at radius 3 is 1.90 bits per heavy atom. The molecule has 1 unspecified atom stereocenters. The van der Waals surface area contributed by atoms with Crippen LogP contribution >= 0.6 is 12.4 Å². The molecule has 2 aromatic rings. The quantitative estimate of drug-likeness (QED) is 0.803. The van der Waals surface area contributed by atoms with Crippen LogP contribution in [0.25, 0.3) is 0 Å². The summed E-state index contributed by atoms with van der Waals surface area (Å²) < 4.78 is 0. The van der Waals surface area contributed by atoms with Crippen molar-refractivity contribution in [2.24, 2.45) is 0 Å². The standard InChI is InChI=1S/C19H21N.ClH/c1-13(20(2)3)19-12-16(14-8-4-6-10-17(14)19)15-9-5-7-11-18(15)19;/h4-11,13,16H,12H2,1-3H3;1H. The van der Waals surface area contributed by atoms with Crippen molar-refractivity contribution in [3.63, 3.8) is 0 Å². The highest BCUT2D eigenvalue weighted by atomic mass is 35.5. The van der Waals surface area contributed by atoms with Gasteiger partial charge in [-0.3, -0.25) is 0 Å². The Bertz CT molecular complexity index is 629. The van der Waals surface area contributed by atoms with Crippen LogP contribution in [-0.2, 0) is 5.41 Å². The van der Waals surface area contributed by atoms with Gasteiger partial charge in [0.25, 0.3) is 0 Å². The van der Waals surface area contributed by atoms with Gasteiger partial charge in [0.05, 0.1) is 0 Å². The lowest BCUT2D eigenvalue weighted by Crippen LogP contribution is -2.44. The summed E-state index contributed by atoms with van der Waals surface area (Å²) in [6.07, 6.45) is 1.24. The molecule has 0 N–H and O–H groups in total. The van der Waals surface area contributed by atoms with Gasteiger partial charge in [0.15, 0.2) is 0 Å². The molecule has 0 amide bonds. The molecule has 2 aliphatic rings. The number of benzene rings is 2. The summed E-state index contributed by atoms with van der Waals surface area (Å²) in [5, 5.41) is 0. The van der Waals surface area contributed by atoms with E-state index in [1.807, 2.05) is 0 Å². The first kappa shape index (κ1) is 14.6. The van der Waals surface area contributed by atoms with E-state index in [-0.39, 0.29) is 17.8 Å². The molecule has 0 saturated carbocycles. The van der Waals surface area contributed by atoms with Gasteiger partial charge in [-0.05, 0) is 49.7 Å². The van der Waals surface area contributed by atoms with E-state index in [9.17, 15) is 0 Å². The Kier molecular flexibility index (Phi) is 3.38. The van der Waals surface area contributed by atoms with Crippen LogP contribution in [0.4, 0.5) is 0 Å². The minimum absolute atomic E-state index is 0. The molecule has 0 radical (unpaired) electrons. The minimum atomic E-state index is 0. The van der Waals surface area contributed by atoms with E-state index in [0.717, 1.165) is 0 Å². The Morgan fingerprint density at radius 1 is 0.952 bits per heavy atom. The summed E-state index contributed by atoms with van der Waals surface area (Å²) in [6, 6.07) is 18.7. The van der Waals surface area contributed by atoms with Gasteiger partial charge in [0.1, 0.15) is 0 Å². The summed E-state index contributed by atoms with van der Waals surface area (Å²) in [6.45, 7) is 2.38. The molecule has 2 heteroatoms. The summed E-state index contributed by atoms with van der Waals surface area (Å²) >= 11 is 0. The van der Waals surface area contributed by atoms with Crippen LogP contribution in [0.5, 0.6) is 0 Å². The third-order valence-corrected chi connectivity index (χ3v) is 5.65. The van der Waals surface area contributed by atoms with Crippen molar-refractivity contribution in [2.45, 2.75) is 30.7 Å². The highest BCUT2D eigenvalue weighted by Crippen LogP contribution is 2.61. The summed E-state index contributed by atoms with van der Waals surface area (Å²) in [4.78, 5) is 2.38. The topological polar surface area (TPSA) is 3.24 Å². The van der Waals surface area contributed by atoms with Gasteiger partial charge in [-0.15, -0.1) is 12.4 Å².